The highest BCUT2D eigenvalue weighted by atomic mass is 16.2. The summed E-state index contributed by atoms with van der Waals surface area (Å²) in [4.78, 5) is 13.9. The number of nitrogens with one attached hydrogen (secondary N) is 1. The Balaban J connectivity index is 4.28. The van der Waals surface area contributed by atoms with Crippen LogP contribution in [-0.4, -0.2) is 36.5 Å². The lowest BCUT2D eigenvalue weighted by atomic mass is 10.1. The van der Waals surface area contributed by atoms with Gasteiger partial charge in [-0.15, -0.1) is 6.58 Å². The van der Waals surface area contributed by atoms with Crippen molar-refractivity contribution in [3.63, 3.8) is 0 Å². The fraction of sp³-hybridized carbons (Fsp3) is 0.750. The van der Waals surface area contributed by atoms with Crippen LogP contribution in [0.5, 0.6) is 0 Å². The van der Waals surface area contributed by atoms with Gasteiger partial charge in [-0.25, -0.2) is 0 Å². The van der Waals surface area contributed by atoms with Gasteiger partial charge in [-0.3, -0.25) is 4.79 Å². The van der Waals surface area contributed by atoms with Gasteiger partial charge in [0.15, 0.2) is 0 Å². The summed E-state index contributed by atoms with van der Waals surface area (Å²) in [6, 6.07) is 0.236. The van der Waals surface area contributed by atoms with Gasteiger partial charge in [0, 0.05) is 25.0 Å². The second kappa shape index (κ2) is 7.46. The Kier molecular flexibility index (Phi) is 7.05. The van der Waals surface area contributed by atoms with E-state index in [-0.39, 0.29) is 17.9 Å². The van der Waals surface area contributed by atoms with Gasteiger partial charge in [-0.1, -0.05) is 19.9 Å². The quantitative estimate of drug-likeness (QED) is 0.651. The Bertz CT molecular complexity index is 202. The molecule has 1 amide bonds. The third kappa shape index (κ3) is 4.98. The Morgan fingerprint density at radius 1 is 1.47 bits per heavy atom. The first-order valence-corrected chi connectivity index (χ1v) is 5.66. The van der Waals surface area contributed by atoms with Crippen LogP contribution in [-0.2, 0) is 4.79 Å². The zero-order valence-corrected chi connectivity index (χ0v) is 10.4. The highest BCUT2D eigenvalue weighted by Crippen LogP contribution is 2.06. The Labute approximate surface area is 93.5 Å². The molecule has 0 aromatic heterocycles. The molecular weight excluding hydrogens is 188 g/mol. The third-order valence-electron chi connectivity index (χ3n) is 2.35. The molecule has 0 aliphatic rings. The Morgan fingerprint density at radius 2 is 2.07 bits per heavy atom. The molecule has 1 atom stereocenters. The second-order valence-electron chi connectivity index (χ2n) is 4.08. The maximum atomic E-state index is 12.0. The van der Waals surface area contributed by atoms with E-state index in [0.717, 1.165) is 13.1 Å². The highest BCUT2D eigenvalue weighted by Gasteiger charge is 2.20. The Morgan fingerprint density at radius 3 is 2.47 bits per heavy atom. The molecular formula is C12H24N2O. The number of carbonyl (C=O) groups excluding carboxylic acids is 1. The SMILES string of the molecule is C=CCN(C(=O)C(C)CNCC)C(C)C. The van der Waals surface area contributed by atoms with Crippen molar-refractivity contribution in [1.29, 1.82) is 0 Å². The predicted octanol–water partition coefficient (Wildman–Crippen LogP) is 1.65. The van der Waals surface area contributed by atoms with Crippen LogP contribution >= 0.6 is 0 Å². The molecule has 0 fully saturated rings. The van der Waals surface area contributed by atoms with Gasteiger partial charge in [-0.2, -0.15) is 0 Å². The molecule has 0 saturated carbocycles. The van der Waals surface area contributed by atoms with E-state index in [4.69, 9.17) is 0 Å². The van der Waals surface area contributed by atoms with Crippen molar-refractivity contribution in [1.82, 2.24) is 10.2 Å². The van der Waals surface area contributed by atoms with Gasteiger partial charge >= 0.3 is 0 Å². The molecule has 0 aliphatic heterocycles. The van der Waals surface area contributed by atoms with Crippen molar-refractivity contribution < 1.29 is 4.79 Å². The monoisotopic (exact) mass is 212 g/mol. The van der Waals surface area contributed by atoms with E-state index in [1.165, 1.54) is 0 Å². The lowest BCUT2D eigenvalue weighted by Gasteiger charge is -2.28. The standard InChI is InChI=1S/C12H24N2O/c1-6-8-14(10(3)4)12(15)11(5)9-13-7-2/h6,10-11,13H,1,7-9H2,2-5H3. The first-order valence-electron chi connectivity index (χ1n) is 5.66. The summed E-state index contributed by atoms with van der Waals surface area (Å²) in [6.45, 7) is 14.0. The molecule has 88 valence electrons. The van der Waals surface area contributed by atoms with Crippen LogP contribution in [0, 0.1) is 5.92 Å². The zero-order chi connectivity index (χ0) is 11.8. The summed E-state index contributed by atoms with van der Waals surface area (Å²) >= 11 is 0. The minimum Gasteiger partial charge on any atom is -0.336 e. The molecule has 0 bridgehead atoms. The lowest BCUT2D eigenvalue weighted by molar-refractivity contribution is -0.135. The van der Waals surface area contributed by atoms with Crippen molar-refractivity contribution >= 4 is 5.91 Å². The summed E-state index contributed by atoms with van der Waals surface area (Å²) in [5, 5.41) is 3.19. The molecule has 1 N–H and O–H groups in total. The molecule has 0 spiro atoms. The molecule has 3 nitrogen and oxygen atoms in total. The summed E-state index contributed by atoms with van der Waals surface area (Å²) < 4.78 is 0. The van der Waals surface area contributed by atoms with E-state index in [2.05, 4.69) is 11.9 Å². The number of hydrogen-bond donors (Lipinski definition) is 1. The number of rotatable bonds is 7. The van der Waals surface area contributed by atoms with Crippen molar-refractivity contribution in [3.8, 4) is 0 Å². The van der Waals surface area contributed by atoms with Gasteiger partial charge in [0.25, 0.3) is 0 Å². The molecule has 0 radical (unpaired) electrons. The van der Waals surface area contributed by atoms with E-state index < -0.39 is 0 Å². The van der Waals surface area contributed by atoms with Gasteiger partial charge < -0.3 is 10.2 Å². The van der Waals surface area contributed by atoms with E-state index in [0.29, 0.717) is 6.54 Å². The van der Waals surface area contributed by atoms with Crippen LogP contribution in [0.1, 0.15) is 27.7 Å². The fourth-order valence-electron chi connectivity index (χ4n) is 1.43. The van der Waals surface area contributed by atoms with Gasteiger partial charge in [-0.05, 0) is 20.4 Å². The zero-order valence-electron chi connectivity index (χ0n) is 10.4. The minimum absolute atomic E-state index is 0.0345. The predicted molar refractivity (Wildman–Crippen MR) is 64.8 cm³/mol. The van der Waals surface area contributed by atoms with Crippen LogP contribution < -0.4 is 5.32 Å². The normalized spacial score (nSPS) is 12.6. The first kappa shape index (κ1) is 14.2. The van der Waals surface area contributed by atoms with Gasteiger partial charge in [0.2, 0.25) is 5.91 Å². The van der Waals surface area contributed by atoms with Gasteiger partial charge in [0.05, 0.1) is 0 Å². The smallest absolute Gasteiger partial charge is 0.227 e. The van der Waals surface area contributed by atoms with Crippen LogP contribution in [0.4, 0.5) is 0 Å². The van der Waals surface area contributed by atoms with E-state index in [1.807, 2.05) is 32.6 Å². The van der Waals surface area contributed by atoms with Crippen LogP contribution in [0.3, 0.4) is 0 Å². The largest absolute Gasteiger partial charge is 0.336 e. The van der Waals surface area contributed by atoms with Crippen molar-refractivity contribution in [3.05, 3.63) is 12.7 Å². The first-order chi connectivity index (χ1) is 7.04. The van der Waals surface area contributed by atoms with E-state index in [9.17, 15) is 4.79 Å². The topological polar surface area (TPSA) is 32.3 Å². The van der Waals surface area contributed by atoms with Crippen LogP contribution in [0.15, 0.2) is 12.7 Å². The number of nitrogens with zero attached hydrogens (tertiary/aromatic N) is 1. The number of hydrogen-bond acceptors (Lipinski definition) is 2. The van der Waals surface area contributed by atoms with Crippen LogP contribution in [0.25, 0.3) is 0 Å². The van der Waals surface area contributed by atoms with Gasteiger partial charge in [0.1, 0.15) is 0 Å². The van der Waals surface area contributed by atoms with Crippen molar-refractivity contribution in [2.75, 3.05) is 19.6 Å². The molecule has 0 aliphatic carbocycles. The molecule has 1 unspecified atom stereocenters. The molecule has 0 heterocycles. The molecule has 0 aromatic carbocycles. The molecule has 0 aromatic rings. The van der Waals surface area contributed by atoms with Crippen LogP contribution in [0.2, 0.25) is 0 Å². The maximum absolute atomic E-state index is 12.0. The lowest BCUT2D eigenvalue weighted by Crippen LogP contribution is -2.42. The van der Waals surface area contributed by atoms with Crippen molar-refractivity contribution in [2.24, 2.45) is 5.92 Å². The summed E-state index contributed by atoms with van der Waals surface area (Å²) in [5.41, 5.74) is 0. The highest BCUT2D eigenvalue weighted by molar-refractivity contribution is 5.79. The summed E-state index contributed by atoms with van der Waals surface area (Å²) in [7, 11) is 0. The fourth-order valence-corrected chi connectivity index (χ4v) is 1.43. The number of carbonyl (C=O) groups is 1. The molecule has 15 heavy (non-hydrogen) atoms. The molecule has 0 rings (SSSR count). The van der Waals surface area contributed by atoms with Crippen molar-refractivity contribution in [2.45, 2.75) is 33.7 Å². The van der Waals surface area contributed by atoms with E-state index in [1.54, 1.807) is 6.08 Å². The molecule has 0 saturated heterocycles. The summed E-state index contributed by atoms with van der Waals surface area (Å²) in [6.07, 6.45) is 1.78. The Hall–Kier alpha value is -0.830. The molecule has 3 heteroatoms. The second-order valence-corrected chi connectivity index (χ2v) is 4.08. The number of amides is 1. The maximum Gasteiger partial charge on any atom is 0.227 e. The third-order valence-corrected chi connectivity index (χ3v) is 2.35. The average molecular weight is 212 g/mol. The summed E-state index contributed by atoms with van der Waals surface area (Å²) in [5.74, 6) is 0.234. The average Bonchev–Trinajstić information content (AvgIpc) is 2.21. The van der Waals surface area contributed by atoms with E-state index >= 15 is 0 Å². The minimum atomic E-state index is 0.0345.